The molecule has 152 valence electrons. The van der Waals surface area contributed by atoms with E-state index in [-0.39, 0.29) is 12.2 Å². The Kier molecular flexibility index (Phi) is 5.22. The molecule has 0 radical (unpaired) electrons. The van der Waals surface area contributed by atoms with E-state index in [0.29, 0.717) is 22.5 Å². The molecule has 3 rings (SSSR count). The van der Waals surface area contributed by atoms with Crippen LogP contribution in [0.5, 0.6) is 0 Å². The van der Waals surface area contributed by atoms with Crippen LogP contribution < -0.4 is 5.32 Å². The van der Waals surface area contributed by atoms with Crippen molar-refractivity contribution in [3.8, 4) is 0 Å². The first-order valence-electron chi connectivity index (χ1n) is 9.51. The van der Waals surface area contributed by atoms with Crippen molar-refractivity contribution >= 4 is 28.4 Å². The van der Waals surface area contributed by atoms with E-state index in [4.69, 9.17) is 4.42 Å². The zero-order chi connectivity index (χ0) is 21.5. The molecule has 0 aliphatic carbocycles. The summed E-state index contributed by atoms with van der Waals surface area (Å²) >= 11 is 0. The molecule has 2 aromatic heterocycles. The van der Waals surface area contributed by atoms with Gasteiger partial charge in [0.2, 0.25) is 0 Å². The van der Waals surface area contributed by atoms with Gasteiger partial charge in [0.15, 0.2) is 5.78 Å². The van der Waals surface area contributed by atoms with Crippen LogP contribution in [0.3, 0.4) is 0 Å². The van der Waals surface area contributed by atoms with Gasteiger partial charge in [0.25, 0.3) is 11.7 Å². The summed E-state index contributed by atoms with van der Waals surface area (Å²) in [5, 5.41) is 3.63. The number of carbonyl (C=O) groups is 3. The van der Waals surface area contributed by atoms with E-state index in [0.717, 1.165) is 16.5 Å². The molecular weight excluding hydrogens is 368 g/mol. The molecular formula is C23H26N2O4. The molecule has 0 bridgehead atoms. The quantitative estimate of drug-likeness (QED) is 0.525. The van der Waals surface area contributed by atoms with E-state index in [1.165, 1.54) is 0 Å². The van der Waals surface area contributed by atoms with E-state index >= 15 is 0 Å². The Balaban J connectivity index is 1.91. The zero-order valence-corrected chi connectivity index (χ0v) is 17.7. The van der Waals surface area contributed by atoms with Crippen molar-refractivity contribution < 1.29 is 18.8 Å². The van der Waals surface area contributed by atoms with E-state index in [1.54, 1.807) is 31.7 Å². The molecule has 0 aliphatic rings. The monoisotopic (exact) mass is 394 g/mol. The van der Waals surface area contributed by atoms with Crippen molar-refractivity contribution in [3.05, 3.63) is 58.6 Å². The smallest absolute Gasteiger partial charge is 0.292 e. The number of hydrogen-bond donors (Lipinski definition) is 1. The van der Waals surface area contributed by atoms with Gasteiger partial charge in [0, 0.05) is 30.1 Å². The summed E-state index contributed by atoms with van der Waals surface area (Å²) in [5.41, 5.74) is 2.99. The second kappa shape index (κ2) is 7.35. The SMILES string of the molecule is Cc1c(C(=O)C(=O)NC(C)(C)C)c(C)n(C)c1C(=O)Cc1ccc2occc2c1. The average molecular weight is 394 g/mol. The van der Waals surface area contributed by atoms with E-state index in [9.17, 15) is 14.4 Å². The highest BCUT2D eigenvalue weighted by molar-refractivity contribution is 6.43. The van der Waals surface area contributed by atoms with Gasteiger partial charge < -0.3 is 14.3 Å². The van der Waals surface area contributed by atoms with Crippen molar-refractivity contribution in [1.29, 1.82) is 0 Å². The molecule has 6 nitrogen and oxygen atoms in total. The topological polar surface area (TPSA) is 81.3 Å². The van der Waals surface area contributed by atoms with E-state index < -0.39 is 17.2 Å². The molecule has 6 heteroatoms. The van der Waals surface area contributed by atoms with Gasteiger partial charge in [-0.1, -0.05) is 6.07 Å². The normalized spacial score (nSPS) is 11.7. The van der Waals surface area contributed by atoms with Gasteiger partial charge in [0.1, 0.15) is 5.58 Å². The maximum absolute atomic E-state index is 13.1. The standard InChI is InChI=1S/C23H26N2O4/c1-13-19(21(27)22(28)24-23(3,4)5)14(2)25(6)20(13)17(26)12-15-7-8-18-16(11-15)9-10-29-18/h7-11H,12H2,1-6H3,(H,24,28). The summed E-state index contributed by atoms with van der Waals surface area (Å²) in [6.45, 7) is 8.91. The van der Waals surface area contributed by atoms with Crippen LogP contribution in [0, 0.1) is 13.8 Å². The molecule has 0 spiro atoms. The Morgan fingerprint density at radius 3 is 2.45 bits per heavy atom. The fraction of sp³-hybridized carbons (Fsp3) is 0.348. The summed E-state index contributed by atoms with van der Waals surface area (Å²) in [7, 11) is 1.74. The van der Waals surface area contributed by atoms with Crippen LogP contribution in [0.25, 0.3) is 11.0 Å². The first-order chi connectivity index (χ1) is 13.5. The Labute approximate surface area is 169 Å². The second-order valence-electron chi connectivity index (χ2n) is 8.42. The first-order valence-corrected chi connectivity index (χ1v) is 9.51. The summed E-state index contributed by atoms with van der Waals surface area (Å²) in [4.78, 5) is 38.2. The fourth-order valence-electron chi connectivity index (χ4n) is 3.61. The van der Waals surface area contributed by atoms with Crippen LogP contribution in [0.15, 0.2) is 34.9 Å². The summed E-state index contributed by atoms with van der Waals surface area (Å²) < 4.78 is 7.04. The minimum absolute atomic E-state index is 0.105. The van der Waals surface area contributed by atoms with Gasteiger partial charge in [-0.2, -0.15) is 0 Å². The van der Waals surface area contributed by atoms with E-state index in [2.05, 4.69) is 5.32 Å². The molecule has 0 saturated heterocycles. The lowest BCUT2D eigenvalue weighted by Gasteiger charge is -2.19. The van der Waals surface area contributed by atoms with Crippen molar-refractivity contribution in [1.82, 2.24) is 9.88 Å². The van der Waals surface area contributed by atoms with Gasteiger partial charge in [-0.15, -0.1) is 0 Å². The summed E-state index contributed by atoms with van der Waals surface area (Å²) in [6, 6.07) is 7.47. The number of fused-ring (bicyclic) bond motifs is 1. The van der Waals surface area contributed by atoms with Crippen molar-refractivity contribution in [2.75, 3.05) is 0 Å². The van der Waals surface area contributed by atoms with Crippen LogP contribution in [-0.4, -0.2) is 27.6 Å². The molecule has 2 heterocycles. The fourth-order valence-corrected chi connectivity index (χ4v) is 3.61. The molecule has 0 fully saturated rings. The van der Waals surface area contributed by atoms with Crippen molar-refractivity contribution in [2.45, 2.75) is 46.6 Å². The van der Waals surface area contributed by atoms with Gasteiger partial charge >= 0.3 is 0 Å². The molecule has 1 aromatic carbocycles. The number of Topliss-reactive ketones (excluding diaryl/α,β-unsaturated/α-hetero) is 2. The minimum atomic E-state index is -0.668. The number of furan rings is 1. The van der Waals surface area contributed by atoms with Gasteiger partial charge in [-0.25, -0.2) is 0 Å². The highest BCUT2D eigenvalue weighted by Gasteiger charge is 2.29. The molecule has 0 saturated carbocycles. The molecule has 29 heavy (non-hydrogen) atoms. The minimum Gasteiger partial charge on any atom is -0.464 e. The third kappa shape index (κ3) is 4.01. The maximum Gasteiger partial charge on any atom is 0.292 e. The largest absolute Gasteiger partial charge is 0.464 e. The number of nitrogens with one attached hydrogen (secondary N) is 1. The zero-order valence-electron chi connectivity index (χ0n) is 17.7. The lowest BCUT2D eigenvalue weighted by Crippen LogP contribution is -2.44. The Morgan fingerprint density at radius 2 is 1.79 bits per heavy atom. The number of nitrogens with zero attached hydrogens (tertiary/aromatic N) is 1. The van der Waals surface area contributed by atoms with Crippen LogP contribution in [-0.2, 0) is 18.3 Å². The predicted octanol–water partition coefficient (Wildman–Crippen LogP) is 3.91. The molecule has 0 unspecified atom stereocenters. The molecule has 0 aliphatic heterocycles. The summed E-state index contributed by atoms with van der Waals surface area (Å²) in [6.07, 6.45) is 1.81. The number of carbonyl (C=O) groups excluding carboxylic acids is 3. The third-order valence-electron chi connectivity index (χ3n) is 5.00. The number of hydrogen-bond acceptors (Lipinski definition) is 4. The van der Waals surface area contributed by atoms with Crippen LogP contribution in [0.2, 0.25) is 0 Å². The number of benzene rings is 1. The number of aromatic nitrogens is 1. The number of amides is 1. The van der Waals surface area contributed by atoms with Crippen LogP contribution >= 0.6 is 0 Å². The van der Waals surface area contributed by atoms with Gasteiger partial charge in [0.05, 0.1) is 17.5 Å². The van der Waals surface area contributed by atoms with Crippen LogP contribution in [0.4, 0.5) is 0 Å². The first kappa shape index (κ1) is 20.6. The molecule has 1 amide bonds. The molecule has 3 aromatic rings. The van der Waals surface area contributed by atoms with Crippen molar-refractivity contribution in [3.63, 3.8) is 0 Å². The van der Waals surface area contributed by atoms with Crippen LogP contribution in [0.1, 0.15) is 58.4 Å². The Morgan fingerprint density at radius 1 is 1.10 bits per heavy atom. The predicted molar refractivity (Wildman–Crippen MR) is 111 cm³/mol. The second-order valence-corrected chi connectivity index (χ2v) is 8.42. The summed E-state index contributed by atoms with van der Waals surface area (Å²) in [5.74, 6) is -1.39. The van der Waals surface area contributed by atoms with Crippen molar-refractivity contribution in [2.24, 2.45) is 7.05 Å². The van der Waals surface area contributed by atoms with E-state index in [1.807, 2.05) is 45.0 Å². The number of ketones is 2. The highest BCUT2D eigenvalue weighted by Crippen LogP contribution is 2.24. The number of rotatable bonds is 5. The maximum atomic E-state index is 13.1. The lowest BCUT2D eigenvalue weighted by molar-refractivity contribution is -0.118. The molecule has 0 atom stereocenters. The Hall–Kier alpha value is -3.15. The molecule has 1 N–H and O–H groups in total. The Bertz CT molecular complexity index is 1130. The highest BCUT2D eigenvalue weighted by atomic mass is 16.3. The van der Waals surface area contributed by atoms with Gasteiger partial charge in [-0.3, -0.25) is 14.4 Å². The average Bonchev–Trinajstić information content (AvgIpc) is 3.15. The third-order valence-corrected chi connectivity index (χ3v) is 5.00. The lowest BCUT2D eigenvalue weighted by atomic mass is 10.00. The van der Waals surface area contributed by atoms with Gasteiger partial charge in [-0.05, 0) is 63.9 Å².